The molecular formula is C24H26FN3O4. The minimum Gasteiger partial charge on any atom is -0.494 e. The summed E-state index contributed by atoms with van der Waals surface area (Å²) < 4.78 is 30.1. The van der Waals surface area contributed by atoms with Crippen LogP contribution in [0.25, 0.3) is 0 Å². The number of rotatable bonds is 8. The van der Waals surface area contributed by atoms with Crippen LogP contribution in [0, 0.1) is 5.82 Å². The first-order valence-electron chi connectivity index (χ1n) is 10.7. The smallest absolute Gasteiger partial charge is 0.253 e. The molecule has 0 aliphatic carbocycles. The summed E-state index contributed by atoms with van der Waals surface area (Å²) >= 11 is 0. The van der Waals surface area contributed by atoms with Gasteiger partial charge in [-0.15, -0.1) is 0 Å². The second-order valence-electron chi connectivity index (χ2n) is 7.78. The van der Waals surface area contributed by atoms with Crippen molar-refractivity contribution in [3.8, 4) is 5.75 Å². The number of carbonyl (C=O) groups is 1. The van der Waals surface area contributed by atoms with E-state index in [1.807, 2.05) is 30.3 Å². The van der Waals surface area contributed by atoms with Gasteiger partial charge >= 0.3 is 0 Å². The number of halogens is 1. The van der Waals surface area contributed by atoms with Crippen molar-refractivity contribution >= 4 is 5.91 Å². The molecule has 1 saturated heterocycles. The van der Waals surface area contributed by atoms with E-state index >= 15 is 0 Å². The van der Waals surface area contributed by atoms with Crippen LogP contribution in [0.15, 0.2) is 53.1 Å². The lowest BCUT2D eigenvalue weighted by Crippen LogP contribution is -2.39. The lowest BCUT2D eigenvalue weighted by molar-refractivity contribution is 0.0695. The van der Waals surface area contributed by atoms with Crippen LogP contribution in [-0.4, -0.2) is 47.8 Å². The fraction of sp³-hybridized carbons (Fsp3) is 0.375. The molecular weight excluding hydrogens is 413 g/mol. The average molecular weight is 439 g/mol. The molecule has 3 aromatic rings. The molecule has 2 heterocycles. The maximum absolute atomic E-state index is 14.0. The summed E-state index contributed by atoms with van der Waals surface area (Å²) in [5.41, 5.74) is 1.41. The molecule has 1 aromatic heterocycles. The van der Waals surface area contributed by atoms with E-state index in [0.29, 0.717) is 50.0 Å². The molecule has 1 fully saturated rings. The Kier molecular flexibility index (Phi) is 7.11. The molecule has 32 heavy (non-hydrogen) atoms. The fourth-order valence-corrected chi connectivity index (χ4v) is 3.81. The zero-order valence-corrected chi connectivity index (χ0v) is 18.0. The number of carbonyl (C=O) groups excluding carboxylic acids is 1. The van der Waals surface area contributed by atoms with Crippen molar-refractivity contribution in [3.63, 3.8) is 0 Å². The van der Waals surface area contributed by atoms with Crippen molar-refractivity contribution in [3.05, 3.63) is 77.2 Å². The van der Waals surface area contributed by atoms with Gasteiger partial charge in [0.15, 0.2) is 17.4 Å². The second-order valence-corrected chi connectivity index (χ2v) is 7.78. The molecule has 168 valence electrons. The number of likely N-dealkylation sites (tertiary alicyclic amines) is 1. The van der Waals surface area contributed by atoms with E-state index in [1.165, 1.54) is 19.2 Å². The van der Waals surface area contributed by atoms with E-state index in [2.05, 4.69) is 10.1 Å². The molecule has 0 bridgehead atoms. The molecule has 7 nitrogen and oxygen atoms in total. The highest BCUT2D eigenvalue weighted by atomic mass is 19.1. The van der Waals surface area contributed by atoms with Gasteiger partial charge in [0.05, 0.1) is 26.2 Å². The molecule has 1 aliphatic rings. The highest BCUT2D eigenvalue weighted by Crippen LogP contribution is 2.27. The molecule has 0 N–H and O–H groups in total. The minimum absolute atomic E-state index is 0.0396. The van der Waals surface area contributed by atoms with Gasteiger partial charge in [0.2, 0.25) is 5.89 Å². The Morgan fingerprint density at radius 2 is 2.09 bits per heavy atom. The number of amides is 1. The van der Waals surface area contributed by atoms with Gasteiger partial charge in [-0.1, -0.05) is 35.5 Å². The molecule has 0 spiro atoms. The van der Waals surface area contributed by atoms with Gasteiger partial charge in [0, 0.05) is 25.1 Å². The van der Waals surface area contributed by atoms with E-state index in [-0.39, 0.29) is 17.6 Å². The fourth-order valence-electron chi connectivity index (χ4n) is 3.81. The van der Waals surface area contributed by atoms with E-state index in [4.69, 9.17) is 14.0 Å². The molecule has 1 atom stereocenters. The maximum atomic E-state index is 14.0. The van der Waals surface area contributed by atoms with Crippen molar-refractivity contribution in [2.75, 3.05) is 26.8 Å². The highest BCUT2D eigenvalue weighted by Gasteiger charge is 2.29. The molecule has 8 heteroatoms. The van der Waals surface area contributed by atoms with Crippen molar-refractivity contribution < 1.29 is 23.2 Å². The van der Waals surface area contributed by atoms with Gasteiger partial charge in [-0.05, 0) is 36.6 Å². The quantitative estimate of drug-likeness (QED) is 0.494. The number of methoxy groups -OCH3 is 1. The van der Waals surface area contributed by atoms with Gasteiger partial charge in [0.25, 0.3) is 5.91 Å². The summed E-state index contributed by atoms with van der Waals surface area (Å²) in [6, 6.07) is 14.2. The predicted octanol–water partition coefficient (Wildman–Crippen LogP) is 4.00. The van der Waals surface area contributed by atoms with E-state index in [9.17, 15) is 9.18 Å². The van der Waals surface area contributed by atoms with Crippen LogP contribution in [0.2, 0.25) is 0 Å². The molecule has 0 radical (unpaired) electrons. The SMILES string of the molecule is COc1ccc(C(=O)N2CCCC(c3nc(CCOCc4ccccc4)no3)C2)cc1F. The number of ether oxygens (including phenoxy) is 2. The molecule has 0 saturated carbocycles. The number of aromatic nitrogens is 2. The van der Waals surface area contributed by atoms with Crippen LogP contribution in [0.5, 0.6) is 5.75 Å². The molecule has 2 aromatic carbocycles. The first kappa shape index (κ1) is 22.0. The topological polar surface area (TPSA) is 77.7 Å². The Balaban J connectivity index is 1.31. The molecule has 1 unspecified atom stereocenters. The number of piperidine rings is 1. The van der Waals surface area contributed by atoms with Crippen molar-refractivity contribution in [2.45, 2.75) is 31.8 Å². The summed E-state index contributed by atoms with van der Waals surface area (Å²) in [5, 5.41) is 4.06. The lowest BCUT2D eigenvalue weighted by Gasteiger charge is -2.31. The number of benzene rings is 2. The largest absolute Gasteiger partial charge is 0.494 e. The standard InChI is InChI=1S/C24H26FN3O4/c1-30-21-10-9-18(14-20(21)25)24(29)28-12-5-8-19(15-28)23-26-22(27-32-23)11-13-31-16-17-6-3-2-4-7-17/h2-4,6-7,9-10,14,19H,5,8,11-13,15-16H2,1H3. The maximum Gasteiger partial charge on any atom is 0.253 e. The average Bonchev–Trinajstić information content (AvgIpc) is 3.31. The monoisotopic (exact) mass is 439 g/mol. The summed E-state index contributed by atoms with van der Waals surface area (Å²) in [6.07, 6.45) is 2.22. The van der Waals surface area contributed by atoms with Crippen LogP contribution < -0.4 is 4.74 Å². The zero-order chi connectivity index (χ0) is 22.3. The van der Waals surface area contributed by atoms with Gasteiger partial charge in [0.1, 0.15) is 0 Å². The number of nitrogens with zero attached hydrogens (tertiary/aromatic N) is 3. The summed E-state index contributed by atoms with van der Waals surface area (Å²) in [7, 11) is 1.39. The third-order valence-electron chi connectivity index (χ3n) is 5.52. The second kappa shape index (κ2) is 10.4. The Labute approximate surface area is 186 Å². The molecule has 1 aliphatic heterocycles. The third-order valence-corrected chi connectivity index (χ3v) is 5.52. The van der Waals surface area contributed by atoms with Crippen LogP contribution in [0.4, 0.5) is 4.39 Å². The molecule has 1 amide bonds. The first-order valence-corrected chi connectivity index (χ1v) is 10.7. The van der Waals surface area contributed by atoms with E-state index < -0.39 is 5.82 Å². The summed E-state index contributed by atoms with van der Waals surface area (Å²) in [5.74, 6) is 0.426. The third kappa shape index (κ3) is 5.31. The Bertz CT molecular complexity index is 1040. The minimum atomic E-state index is -0.553. The van der Waals surface area contributed by atoms with Gasteiger partial charge in [-0.25, -0.2) is 4.39 Å². The van der Waals surface area contributed by atoms with Gasteiger partial charge in [-0.2, -0.15) is 4.98 Å². The van der Waals surface area contributed by atoms with Crippen molar-refractivity contribution in [2.24, 2.45) is 0 Å². The van der Waals surface area contributed by atoms with Crippen LogP contribution in [0.1, 0.15) is 46.4 Å². The number of hydrogen-bond acceptors (Lipinski definition) is 6. The van der Waals surface area contributed by atoms with Crippen molar-refractivity contribution in [1.29, 1.82) is 0 Å². The van der Waals surface area contributed by atoms with Gasteiger partial charge < -0.3 is 18.9 Å². The first-order chi connectivity index (χ1) is 15.6. The van der Waals surface area contributed by atoms with Crippen LogP contribution in [0.3, 0.4) is 0 Å². The lowest BCUT2D eigenvalue weighted by atomic mass is 9.97. The Morgan fingerprint density at radius 3 is 2.88 bits per heavy atom. The van der Waals surface area contributed by atoms with E-state index in [0.717, 1.165) is 18.4 Å². The zero-order valence-electron chi connectivity index (χ0n) is 18.0. The van der Waals surface area contributed by atoms with E-state index in [1.54, 1.807) is 11.0 Å². The van der Waals surface area contributed by atoms with Crippen LogP contribution >= 0.6 is 0 Å². The normalized spacial score (nSPS) is 16.2. The predicted molar refractivity (Wildman–Crippen MR) is 115 cm³/mol. The molecule has 4 rings (SSSR count). The Morgan fingerprint density at radius 1 is 1.25 bits per heavy atom. The number of hydrogen-bond donors (Lipinski definition) is 0. The summed E-state index contributed by atoms with van der Waals surface area (Å²) in [6.45, 7) is 2.10. The highest BCUT2D eigenvalue weighted by molar-refractivity contribution is 5.94. The summed E-state index contributed by atoms with van der Waals surface area (Å²) in [4.78, 5) is 19.1. The van der Waals surface area contributed by atoms with Crippen LogP contribution in [-0.2, 0) is 17.8 Å². The van der Waals surface area contributed by atoms with Gasteiger partial charge in [-0.3, -0.25) is 4.79 Å². The Hall–Kier alpha value is -3.26. The van der Waals surface area contributed by atoms with Crippen molar-refractivity contribution in [1.82, 2.24) is 15.0 Å².